The maximum atomic E-state index is 11.8. The Morgan fingerprint density at radius 1 is 1.42 bits per heavy atom. The molecule has 5 nitrogen and oxygen atoms in total. The molecule has 1 amide bonds. The Labute approximate surface area is 117 Å². The Bertz CT molecular complexity index is 465. The van der Waals surface area contributed by atoms with E-state index in [2.05, 4.69) is 10.2 Å². The first-order valence-electron chi connectivity index (χ1n) is 6.60. The van der Waals surface area contributed by atoms with E-state index < -0.39 is 0 Å². The van der Waals surface area contributed by atoms with Crippen molar-refractivity contribution in [3.05, 3.63) is 4.88 Å². The van der Waals surface area contributed by atoms with Gasteiger partial charge in [-0.25, -0.2) is 0 Å². The fourth-order valence-electron chi connectivity index (χ4n) is 2.18. The average Bonchev–Trinajstić information content (AvgIpc) is 2.98. The Morgan fingerprint density at radius 3 is 2.58 bits per heavy atom. The van der Waals surface area contributed by atoms with Crippen molar-refractivity contribution in [3.8, 4) is 5.75 Å². The maximum absolute atomic E-state index is 11.8. The Morgan fingerprint density at radius 2 is 2.05 bits per heavy atom. The predicted octanol–water partition coefficient (Wildman–Crippen LogP) is 2.08. The lowest BCUT2D eigenvalue weighted by atomic mass is 10.3. The summed E-state index contributed by atoms with van der Waals surface area (Å²) in [5.41, 5.74) is 6.55. The van der Waals surface area contributed by atoms with Crippen molar-refractivity contribution >= 4 is 27.9 Å². The Hall–Kier alpha value is -1.43. The fraction of sp³-hybridized carbons (Fsp3) is 0.615. The van der Waals surface area contributed by atoms with Crippen LogP contribution in [0.3, 0.4) is 0 Å². The monoisotopic (exact) mass is 283 g/mol. The third-order valence-corrected chi connectivity index (χ3v) is 4.31. The van der Waals surface area contributed by atoms with Gasteiger partial charge >= 0.3 is 0 Å². The van der Waals surface area contributed by atoms with Crippen LogP contribution in [0.15, 0.2) is 0 Å². The molecule has 2 rings (SSSR count). The number of hydrogen-bond donors (Lipinski definition) is 2. The highest BCUT2D eigenvalue weighted by atomic mass is 32.1. The number of nitrogens with zero attached hydrogens (tertiary/aromatic N) is 1. The topological polar surface area (TPSA) is 67.6 Å². The quantitative estimate of drug-likeness (QED) is 0.887. The van der Waals surface area contributed by atoms with E-state index in [4.69, 9.17) is 10.5 Å². The zero-order chi connectivity index (χ0) is 14.0. The smallest absolute Gasteiger partial charge is 0.263 e. The molecule has 6 heteroatoms. The molecule has 19 heavy (non-hydrogen) atoms. The summed E-state index contributed by atoms with van der Waals surface area (Å²) in [6.07, 6.45) is 2.39. The van der Waals surface area contributed by atoms with Crippen LogP contribution in [-0.2, 0) is 0 Å². The van der Waals surface area contributed by atoms with Crippen molar-refractivity contribution in [1.29, 1.82) is 0 Å². The van der Waals surface area contributed by atoms with Gasteiger partial charge in [-0.15, -0.1) is 11.3 Å². The number of nitrogens with one attached hydrogen (secondary N) is 1. The molecule has 0 aliphatic carbocycles. The highest BCUT2D eigenvalue weighted by Gasteiger charge is 2.27. The fourth-order valence-corrected chi connectivity index (χ4v) is 3.33. The lowest BCUT2D eigenvalue weighted by molar-refractivity contribution is 0.0967. The third kappa shape index (κ3) is 2.78. The highest BCUT2D eigenvalue weighted by Crippen LogP contribution is 2.46. The molecular weight excluding hydrogens is 262 g/mol. The predicted molar refractivity (Wildman–Crippen MR) is 79.3 cm³/mol. The highest BCUT2D eigenvalue weighted by molar-refractivity contribution is 7.19. The summed E-state index contributed by atoms with van der Waals surface area (Å²) in [6.45, 7) is 5.93. The number of anilines is 2. The van der Waals surface area contributed by atoms with Crippen LogP contribution in [0.5, 0.6) is 5.75 Å². The van der Waals surface area contributed by atoms with Gasteiger partial charge in [-0.05, 0) is 26.7 Å². The molecule has 1 fully saturated rings. The van der Waals surface area contributed by atoms with E-state index in [9.17, 15) is 4.79 Å². The zero-order valence-corrected chi connectivity index (χ0v) is 12.5. The molecule has 0 aromatic carbocycles. The van der Waals surface area contributed by atoms with Gasteiger partial charge < -0.3 is 20.7 Å². The molecule has 1 aromatic rings. The maximum Gasteiger partial charge on any atom is 0.263 e. The molecule has 1 aromatic heterocycles. The number of carbonyl (C=O) groups is 1. The number of thiophene rings is 1. The molecule has 0 atom stereocenters. The van der Waals surface area contributed by atoms with Crippen LogP contribution in [0.1, 0.15) is 36.4 Å². The molecule has 1 aliphatic rings. The van der Waals surface area contributed by atoms with Crippen molar-refractivity contribution in [1.82, 2.24) is 5.32 Å². The van der Waals surface area contributed by atoms with Crippen LogP contribution in [0.2, 0.25) is 0 Å². The first-order chi connectivity index (χ1) is 9.04. The van der Waals surface area contributed by atoms with E-state index in [1.807, 2.05) is 13.8 Å². The van der Waals surface area contributed by atoms with Gasteiger partial charge in [0.1, 0.15) is 15.6 Å². The lowest BCUT2D eigenvalue weighted by Crippen LogP contribution is -2.18. The SMILES string of the molecule is CNC(=O)c1sc(N2CCCC2)c(OC(C)C)c1N. The van der Waals surface area contributed by atoms with Gasteiger partial charge in [0.25, 0.3) is 5.91 Å². The largest absolute Gasteiger partial charge is 0.486 e. The second kappa shape index (κ2) is 5.69. The van der Waals surface area contributed by atoms with Gasteiger partial charge in [0.2, 0.25) is 0 Å². The summed E-state index contributed by atoms with van der Waals surface area (Å²) in [5, 5.41) is 3.61. The molecule has 0 unspecified atom stereocenters. The molecule has 0 radical (unpaired) electrons. The number of nitrogens with two attached hydrogens (primary N) is 1. The van der Waals surface area contributed by atoms with E-state index in [0.29, 0.717) is 16.3 Å². The molecule has 2 heterocycles. The minimum Gasteiger partial charge on any atom is -0.486 e. The van der Waals surface area contributed by atoms with Crippen molar-refractivity contribution in [3.63, 3.8) is 0 Å². The number of amides is 1. The second-order valence-electron chi connectivity index (χ2n) is 4.92. The summed E-state index contributed by atoms with van der Waals surface area (Å²) >= 11 is 1.42. The van der Waals surface area contributed by atoms with Gasteiger partial charge in [-0.2, -0.15) is 0 Å². The first-order valence-corrected chi connectivity index (χ1v) is 7.42. The molecule has 0 saturated carbocycles. The summed E-state index contributed by atoms with van der Waals surface area (Å²) < 4.78 is 5.83. The molecular formula is C13H21N3O2S. The molecule has 1 aliphatic heterocycles. The van der Waals surface area contributed by atoms with E-state index in [1.54, 1.807) is 7.05 Å². The zero-order valence-electron chi connectivity index (χ0n) is 11.7. The van der Waals surface area contributed by atoms with Gasteiger partial charge in [0, 0.05) is 20.1 Å². The number of hydrogen-bond acceptors (Lipinski definition) is 5. The first kappa shape index (κ1) is 14.0. The Kier molecular flexibility index (Phi) is 4.19. The van der Waals surface area contributed by atoms with Crippen LogP contribution < -0.4 is 20.7 Å². The Balaban J connectivity index is 2.41. The van der Waals surface area contributed by atoms with E-state index in [1.165, 1.54) is 24.2 Å². The summed E-state index contributed by atoms with van der Waals surface area (Å²) in [6, 6.07) is 0. The van der Waals surface area contributed by atoms with Gasteiger partial charge in [-0.1, -0.05) is 0 Å². The van der Waals surface area contributed by atoms with Gasteiger partial charge in [-0.3, -0.25) is 4.79 Å². The van der Waals surface area contributed by atoms with E-state index in [-0.39, 0.29) is 12.0 Å². The van der Waals surface area contributed by atoms with Crippen molar-refractivity contribution in [2.24, 2.45) is 0 Å². The normalized spacial score (nSPS) is 15.1. The molecule has 1 saturated heterocycles. The summed E-state index contributed by atoms with van der Waals surface area (Å²) in [7, 11) is 1.61. The molecule has 3 N–H and O–H groups in total. The van der Waals surface area contributed by atoms with E-state index in [0.717, 1.165) is 18.1 Å². The van der Waals surface area contributed by atoms with Crippen LogP contribution in [0.25, 0.3) is 0 Å². The number of ether oxygens (including phenoxy) is 1. The van der Waals surface area contributed by atoms with Crippen LogP contribution in [0, 0.1) is 0 Å². The van der Waals surface area contributed by atoms with Gasteiger partial charge in [0.05, 0.1) is 6.10 Å². The standard InChI is InChI=1S/C13H21N3O2S/c1-8(2)18-10-9(14)11(12(17)15-3)19-13(10)16-6-4-5-7-16/h8H,4-7,14H2,1-3H3,(H,15,17). The molecule has 0 bridgehead atoms. The molecule has 106 valence electrons. The van der Waals surface area contributed by atoms with Crippen LogP contribution >= 0.6 is 11.3 Å². The number of carbonyl (C=O) groups excluding carboxylic acids is 1. The van der Waals surface area contributed by atoms with Crippen LogP contribution in [0.4, 0.5) is 10.7 Å². The lowest BCUT2D eigenvalue weighted by Gasteiger charge is -2.19. The number of rotatable bonds is 4. The number of nitrogen functional groups attached to an aromatic ring is 1. The summed E-state index contributed by atoms with van der Waals surface area (Å²) in [5.74, 6) is 0.516. The molecule has 0 spiro atoms. The van der Waals surface area contributed by atoms with Gasteiger partial charge in [0.15, 0.2) is 5.75 Å². The third-order valence-electron chi connectivity index (χ3n) is 3.06. The second-order valence-corrected chi connectivity index (χ2v) is 5.92. The minimum atomic E-state index is -0.151. The minimum absolute atomic E-state index is 0.0378. The average molecular weight is 283 g/mol. The summed E-state index contributed by atoms with van der Waals surface area (Å²) in [4.78, 5) is 14.6. The van der Waals surface area contributed by atoms with Crippen molar-refractivity contribution < 1.29 is 9.53 Å². The van der Waals surface area contributed by atoms with E-state index >= 15 is 0 Å². The van der Waals surface area contributed by atoms with Crippen molar-refractivity contribution in [2.45, 2.75) is 32.8 Å². The van der Waals surface area contributed by atoms with Crippen LogP contribution in [-0.4, -0.2) is 32.1 Å². The van der Waals surface area contributed by atoms with Crippen molar-refractivity contribution in [2.75, 3.05) is 30.8 Å².